The van der Waals surface area contributed by atoms with Gasteiger partial charge in [0.25, 0.3) is 0 Å². The van der Waals surface area contributed by atoms with Gasteiger partial charge in [0.1, 0.15) is 6.61 Å². The van der Waals surface area contributed by atoms with E-state index in [2.05, 4.69) is 15.4 Å². The van der Waals surface area contributed by atoms with E-state index in [0.717, 1.165) is 17.1 Å². The highest BCUT2D eigenvalue weighted by molar-refractivity contribution is 5.91. The zero-order valence-corrected chi connectivity index (χ0v) is 14.0. The van der Waals surface area contributed by atoms with Crippen LogP contribution in [0.15, 0.2) is 61.2 Å². The first-order valence-corrected chi connectivity index (χ1v) is 8.36. The molecule has 26 heavy (non-hydrogen) atoms. The predicted molar refractivity (Wildman–Crippen MR) is 95.2 cm³/mol. The Bertz CT molecular complexity index is 895. The highest BCUT2D eigenvalue weighted by Crippen LogP contribution is 2.31. The van der Waals surface area contributed by atoms with Crippen molar-refractivity contribution >= 4 is 11.6 Å². The van der Waals surface area contributed by atoms with Gasteiger partial charge in [-0.05, 0) is 23.8 Å². The van der Waals surface area contributed by atoms with Crippen molar-refractivity contribution in [2.75, 3.05) is 11.9 Å². The molecule has 0 aliphatic carbocycles. The number of fused-ring (bicyclic) bond motifs is 1. The summed E-state index contributed by atoms with van der Waals surface area (Å²) < 4.78 is 13.4. The summed E-state index contributed by atoms with van der Waals surface area (Å²) in [5, 5.41) is 7.12. The fourth-order valence-corrected chi connectivity index (χ4v) is 2.78. The minimum Gasteiger partial charge on any atom is -0.486 e. The summed E-state index contributed by atoms with van der Waals surface area (Å²) >= 11 is 0. The van der Waals surface area contributed by atoms with Crippen molar-refractivity contribution in [1.82, 2.24) is 14.8 Å². The Morgan fingerprint density at radius 1 is 1.19 bits per heavy atom. The first-order valence-electron chi connectivity index (χ1n) is 8.36. The smallest absolute Gasteiger partial charge is 0.228 e. The number of para-hydroxylation sites is 2. The van der Waals surface area contributed by atoms with Gasteiger partial charge in [0.05, 0.1) is 24.8 Å². The van der Waals surface area contributed by atoms with Crippen LogP contribution in [0.2, 0.25) is 0 Å². The number of pyridine rings is 1. The topological polar surface area (TPSA) is 78.3 Å². The van der Waals surface area contributed by atoms with Crippen LogP contribution in [0.25, 0.3) is 0 Å². The van der Waals surface area contributed by atoms with E-state index < -0.39 is 0 Å². The van der Waals surface area contributed by atoms with Gasteiger partial charge >= 0.3 is 0 Å². The number of rotatable bonds is 5. The lowest BCUT2D eigenvalue weighted by Gasteiger charge is -2.26. The van der Waals surface area contributed by atoms with Gasteiger partial charge in [-0.15, -0.1) is 0 Å². The summed E-state index contributed by atoms with van der Waals surface area (Å²) in [4.78, 5) is 16.1. The lowest BCUT2D eigenvalue weighted by atomic mass is 10.2. The number of nitrogens with one attached hydrogen (secondary N) is 1. The second-order valence-electron chi connectivity index (χ2n) is 6.03. The molecule has 3 aromatic rings. The number of hydrogen-bond acceptors (Lipinski definition) is 5. The Morgan fingerprint density at radius 2 is 2.08 bits per heavy atom. The number of ether oxygens (including phenoxy) is 2. The van der Waals surface area contributed by atoms with Crippen molar-refractivity contribution < 1.29 is 14.3 Å². The van der Waals surface area contributed by atoms with Crippen LogP contribution in [0.5, 0.6) is 11.5 Å². The largest absolute Gasteiger partial charge is 0.486 e. The predicted octanol–water partition coefficient (Wildman–Crippen LogP) is 2.30. The van der Waals surface area contributed by atoms with Gasteiger partial charge in [-0.25, -0.2) is 0 Å². The van der Waals surface area contributed by atoms with Crippen LogP contribution < -0.4 is 14.8 Å². The molecular formula is C19H18N4O3. The van der Waals surface area contributed by atoms with Crippen molar-refractivity contribution in [1.29, 1.82) is 0 Å². The Hall–Kier alpha value is -3.35. The highest BCUT2D eigenvalue weighted by atomic mass is 16.6. The van der Waals surface area contributed by atoms with E-state index >= 15 is 0 Å². The van der Waals surface area contributed by atoms with Gasteiger partial charge in [0, 0.05) is 18.6 Å². The summed E-state index contributed by atoms with van der Waals surface area (Å²) in [5.74, 6) is 1.39. The molecule has 132 valence electrons. The molecular weight excluding hydrogens is 332 g/mol. The maximum atomic E-state index is 12.1. The number of anilines is 1. The van der Waals surface area contributed by atoms with Crippen molar-refractivity contribution in [2.45, 2.75) is 19.1 Å². The van der Waals surface area contributed by atoms with Crippen molar-refractivity contribution in [3.05, 3.63) is 66.7 Å². The molecule has 1 aliphatic rings. The van der Waals surface area contributed by atoms with Crippen molar-refractivity contribution in [3.63, 3.8) is 0 Å². The zero-order valence-electron chi connectivity index (χ0n) is 14.0. The van der Waals surface area contributed by atoms with Crippen molar-refractivity contribution in [2.24, 2.45) is 0 Å². The van der Waals surface area contributed by atoms with Gasteiger partial charge in [-0.1, -0.05) is 18.2 Å². The molecule has 1 atom stereocenters. The molecule has 7 heteroatoms. The lowest BCUT2D eigenvalue weighted by Crippen LogP contribution is -2.33. The number of hydrogen-bond donors (Lipinski definition) is 1. The highest BCUT2D eigenvalue weighted by Gasteiger charge is 2.21. The van der Waals surface area contributed by atoms with Crippen LogP contribution in [0, 0.1) is 0 Å². The van der Waals surface area contributed by atoms with Crippen LogP contribution in [0.3, 0.4) is 0 Å². The number of amides is 1. The molecule has 0 fully saturated rings. The standard InChI is InChI=1S/C19H18N4O3/c24-19(8-14-4-3-7-20-9-14)22-15-10-21-23(11-15)12-16-13-25-17-5-1-2-6-18(17)26-16/h1-7,9-11,16H,8,12-13H2,(H,22,24). The molecule has 7 nitrogen and oxygen atoms in total. The summed E-state index contributed by atoms with van der Waals surface area (Å²) in [5.41, 5.74) is 1.51. The van der Waals surface area contributed by atoms with E-state index in [1.165, 1.54) is 0 Å². The maximum absolute atomic E-state index is 12.1. The first-order chi connectivity index (χ1) is 12.8. The normalized spacial score (nSPS) is 15.5. The third-order valence-electron chi connectivity index (χ3n) is 3.96. The van der Waals surface area contributed by atoms with Crippen LogP contribution >= 0.6 is 0 Å². The summed E-state index contributed by atoms with van der Waals surface area (Å²) in [7, 11) is 0. The van der Waals surface area contributed by atoms with Gasteiger partial charge in [0.2, 0.25) is 5.91 Å². The molecule has 0 saturated heterocycles. The number of carbonyl (C=O) groups is 1. The van der Waals surface area contributed by atoms with E-state index in [1.807, 2.05) is 36.4 Å². The Kier molecular flexibility index (Phi) is 4.51. The molecule has 1 unspecified atom stereocenters. The van der Waals surface area contributed by atoms with Gasteiger partial charge in [-0.3, -0.25) is 14.5 Å². The third kappa shape index (κ3) is 3.83. The first kappa shape index (κ1) is 16.1. The quantitative estimate of drug-likeness (QED) is 0.764. The summed E-state index contributed by atoms with van der Waals surface area (Å²) in [6, 6.07) is 11.3. The Labute approximate surface area is 150 Å². The fourth-order valence-electron chi connectivity index (χ4n) is 2.78. The van der Waals surface area contributed by atoms with Gasteiger partial charge in [0.15, 0.2) is 17.6 Å². The maximum Gasteiger partial charge on any atom is 0.228 e. The van der Waals surface area contributed by atoms with Gasteiger partial charge < -0.3 is 14.8 Å². The molecule has 4 rings (SSSR count). The monoisotopic (exact) mass is 350 g/mol. The number of carbonyl (C=O) groups excluding carboxylic acids is 1. The van der Waals surface area contributed by atoms with Gasteiger partial charge in [-0.2, -0.15) is 5.10 Å². The van der Waals surface area contributed by atoms with E-state index in [-0.39, 0.29) is 18.4 Å². The summed E-state index contributed by atoms with van der Waals surface area (Å²) in [6.07, 6.45) is 6.91. The molecule has 0 radical (unpaired) electrons. The summed E-state index contributed by atoms with van der Waals surface area (Å²) in [6.45, 7) is 0.992. The molecule has 0 bridgehead atoms. The second kappa shape index (κ2) is 7.26. The van der Waals surface area contributed by atoms with Crippen LogP contribution in [0.1, 0.15) is 5.56 Å². The molecule has 3 heterocycles. The SMILES string of the molecule is O=C(Cc1cccnc1)Nc1cnn(CC2COc3ccccc3O2)c1. The number of nitrogens with zero attached hydrogens (tertiary/aromatic N) is 3. The number of aromatic nitrogens is 3. The third-order valence-corrected chi connectivity index (χ3v) is 3.96. The molecule has 0 spiro atoms. The Morgan fingerprint density at radius 3 is 2.92 bits per heavy atom. The lowest BCUT2D eigenvalue weighted by molar-refractivity contribution is -0.115. The van der Waals surface area contributed by atoms with E-state index in [4.69, 9.17) is 9.47 Å². The Balaban J connectivity index is 1.33. The average molecular weight is 350 g/mol. The average Bonchev–Trinajstić information content (AvgIpc) is 3.09. The van der Waals surface area contributed by atoms with Crippen molar-refractivity contribution in [3.8, 4) is 11.5 Å². The molecule has 1 N–H and O–H groups in total. The van der Waals surface area contributed by atoms with Crippen LogP contribution in [-0.2, 0) is 17.8 Å². The van der Waals surface area contributed by atoms with E-state index in [1.54, 1.807) is 29.5 Å². The fraction of sp³-hybridized carbons (Fsp3) is 0.211. The van der Waals surface area contributed by atoms with Crippen LogP contribution in [-0.4, -0.2) is 33.4 Å². The molecule has 2 aromatic heterocycles. The van der Waals surface area contributed by atoms with Crippen LogP contribution in [0.4, 0.5) is 5.69 Å². The molecule has 1 amide bonds. The molecule has 1 aromatic carbocycles. The number of benzene rings is 1. The molecule has 0 saturated carbocycles. The second-order valence-corrected chi connectivity index (χ2v) is 6.03. The minimum absolute atomic E-state index is 0.108. The minimum atomic E-state index is -0.135. The molecule has 1 aliphatic heterocycles. The zero-order chi connectivity index (χ0) is 17.8. The van der Waals surface area contributed by atoms with E-state index in [9.17, 15) is 4.79 Å². The van der Waals surface area contributed by atoms with E-state index in [0.29, 0.717) is 18.8 Å².